The summed E-state index contributed by atoms with van der Waals surface area (Å²) in [6.45, 7) is 0.841. The van der Waals surface area contributed by atoms with E-state index in [1.165, 1.54) is 19.3 Å². The molecule has 2 bridgehead atoms. The first-order chi connectivity index (χ1) is 7.33. The third-order valence-electron chi connectivity index (χ3n) is 4.18. The standard InChI is InChI=1S/C12H20O3/c13-10-6-8-5-9(10)11(7-8)15-12-3-1-2-4-14-12/h8-13H,1-7H2. The maximum Gasteiger partial charge on any atom is 0.157 e. The lowest BCUT2D eigenvalue weighted by Gasteiger charge is -2.31. The van der Waals surface area contributed by atoms with Gasteiger partial charge in [-0.1, -0.05) is 0 Å². The van der Waals surface area contributed by atoms with E-state index in [2.05, 4.69) is 0 Å². The van der Waals surface area contributed by atoms with E-state index in [0.29, 0.717) is 11.8 Å². The van der Waals surface area contributed by atoms with Gasteiger partial charge in [-0.05, 0) is 44.4 Å². The molecule has 3 nitrogen and oxygen atoms in total. The molecule has 3 rings (SSSR count). The Hall–Kier alpha value is -0.120. The van der Waals surface area contributed by atoms with E-state index in [4.69, 9.17) is 9.47 Å². The van der Waals surface area contributed by atoms with E-state index in [9.17, 15) is 5.11 Å². The number of hydrogen-bond acceptors (Lipinski definition) is 3. The van der Waals surface area contributed by atoms with Crippen molar-refractivity contribution >= 4 is 0 Å². The Morgan fingerprint density at radius 3 is 2.73 bits per heavy atom. The Bertz CT molecular complexity index is 225. The van der Waals surface area contributed by atoms with E-state index in [1.54, 1.807) is 0 Å². The van der Waals surface area contributed by atoms with Crippen LogP contribution in [0.3, 0.4) is 0 Å². The smallest absolute Gasteiger partial charge is 0.157 e. The number of aliphatic hydroxyl groups excluding tert-OH is 1. The van der Waals surface area contributed by atoms with E-state index < -0.39 is 0 Å². The molecule has 0 aromatic heterocycles. The predicted octanol–water partition coefficient (Wildman–Crippen LogP) is 1.69. The van der Waals surface area contributed by atoms with Crippen LogP contribution in [0.4, 0.5) is 0 Å². The summed E-state index contributed by atoms with van der Waals surface area (Å²) in [5.41, 5.74) is 0. The van der Waals surface area contributed by atoms with Gasteiger partial charge in [0, 0.05) is 12.5 Å². The Morgan fingerprint density at radius 1 is 1.13 bits per heavy atom. The molecule has 15 heavy (non-hydrogen) atoms. The molecule has 1 heterocycles. The van der Waals surface area contributed by atoms with Crippen LogP contribution < -0.4 is 0 Å². The van der Waals surface area contributed by atoms with Crippen LogP contribution in [0.15, 0.2) is 0 Å². The van der Waals surface area contributed by atoms with Crippen LogP contribution in [-0.2, 0) is 9.47 Å². The Balaban J connectivity index is 1.55. The SMILES string of the molecule is OC1CC2CC(OC3CCCCO3)C1C2. The number of aliphatic hydroxyl groups is 1. The van der Waals surface area contributed by atoms with Crippen molar-refractivity contribution in [1.82, 2.24) is 0 Å². The van der Waals surface area contributed by atoms with Gasteiger partial charge in [-0.25, -0.2) is 0 Å². The van der Waals surface area contributed by atoms with Gasteiger partial charge in [-0.2, -0.15) is 0 Å². The molecule has 2 saturated carbocycles. The summed E-state index contributed by atoms with van der Waals surface area (Å²) in [5.74, 6) is 1.10. The molecule has 5 atom stereocenters. The molecule has 86 valence electrons. The molecule has 0 spiro atoms. The highest BCUT2D eigenvalue weighted by Crippen LogP contribution is 2.46. The largest absolute Gasteiger partial charge is 0.393 e. The summed E-state index contributed by atoms with van der Waals surface area (Å²) in [6.07, 6.45) is 6.88. The zero-order valence-corrected chi connectivity index (χ0v) is 9.10. The van der Waals surface area contributed by atoms with Crippen molar-refractivity contribution in [3.8, 4) is 0 Å². The summed E-state index contributed by atoms with van der Waals surface area (Å²) in [4.78, 5) is 0. The highest BCUT2D eigenvalue weighted by Gasteiger charge is 2.47. The molecule has 5 unspecified atom stereocenters. The second-order valence-electron chi connectivity index (χ2n) is 5.28. The number of rotatable bonds is 2. The fourth-order valence-electron chi connectivity index (χ4n) is 3.42. The molecule has 1 aliphatic heterocycles. The van der Waals surface area contributed by atoms with Crippen molar-refractivity contribution in [3.63, 3.8) is 0 Å². The van der Waals surface area contributed by atoms with Crippen LogP contribution in [0, 0.1) is 11.8 Å². The molecule has 0 radical (unpaired) electrons. The summed E-state index contributed by atoms with van der Waals surface area (Å²) in [6, 6.07) is 0. The quantitative estimate of drug-likeness (QED) is 0.757. The van der Waals surface area contributed by atoms with Crippen LogP contribution in [-0.4, -0.2) is 30.2 Å². The molecule has 2 aliphatic carbocycles. The van der Waals surface area contributed by atoms with E-state index in [1.807, 2.05) is 0 Å². The van der Waals surface area contributed by atoms with Gasteiger partial charge in [-0.15, -0.1) is 0 Å². The fourth-order valence-corrected chi connectivity index (χ4v) is 3.42. The zero-order chi connectivity index (χ0) is 10.3. The summed E-state index contributed by atoms with van der Waals surface area (Å²) in [5, 5.41) is 9.80. The van der Waals surface area contributed by atoms with Crippen molar-refractivity contribution in [2.45, 2.75) is 57.0 Å². The van der Waals surface area contributed by atoms with Crippen LogP contribution in [0.5, 0.6) is 0 Å². The van der Waals surface area contributed by atoms with Crippen LogP contribution in [0.2, 0.25) is 0 Å². The van der Waals surface area contributed by atoms with Crippen molar-refractivity contribution < 1.29 is 14.6 Å². The van der Waals surface area contributed by atoms with Gasteiger partial charge in [0.15, 0.2) is 6.29 Å². The molecule has 3 heteroatoms. The second kappa shape index (κ2) is 4.04. The molecule has 0 aromatic carbocycles. The summed E-state index contributed by atoms with van der Waals surface area (Å²) in [7, 11) is 0. The van der Waals surface area contributed by atoms with Gasteiger partial charge in [-0.3, -0.25) is 0 Å². The van der Waals surface area contributed by atoms with Gasteiger partial charge < -0.3 is 14.6 Å². The molecular weight excluding hydrogens is 192 g/mol. The fraction of sp³-hybridized carbons (Fsp3) is 1.00. The molecular formula is C12H20O3. The Labute approximate surface area is 90.8 Å². The first-order valence-corrected chi connectivity index (χ1v) is 6.28. The minimum absolute atomic E-state index is 0.00954. The minimum atomic E-state index is -0.114. The molecule has 1 N–H and O–H groups in total. The van der Waals surface area contributed by atoms with Crippen molar-refractivity contribution in [1.29, 1.82) is 0 Å². The van der Waals surface area contributed by atoms with Gasteiger partial charge in [0.25, 0.3) is 0 Å². The molecule has 0 aromatic rings. The van der Waals surface area contributed by atoms with Crippen LogP contribution in [0.25, 0.3) is 0 Å². The van der Waals surface area contributed by atoms with Crippen molar-refractivity contribution in [2.24, 2.45) is 11.8 Å². The van der Waals surface area contributed by atoms with Gasteiger partial charge in [0.2, 0.25) is 0 Å². The van der Waals surface area contributed by atoms with Gasteiger partial charge in [0.05, 0.1) is 12.2 Å². The highest BCUT2D eigenvalue weighted by molar-refractivity contribution is 4.96. The molecule has 0 amide bonds. The molecule has 3 fully saturated rings. The van der Waals surface area contributed by atoms with E-state index >= 15 is 0 Å². The zero-order valence-electron chi connectivity index (χ0n) is 9.10. The first kappa shape index (κ1) is 10.1. The maximum atomic E-state index is 9.80. The lowest BCUT2D eigenvalue weighted by molar-refractivity contribution is -0.203. The normalized spacial score (nSPS) is 49.8. The highest BCUT2D eigenvalue weighted by atomic mass is 16.7. The average Bonchev–Trinajstić information content (AvgIpc) is 2.77. The number of hydrogen-bond donors (Lipinski definition) is 1. The Morgan fingerprint density at radius 2 is 2.07 bits per heavy atom. The maximum absolute atomic E-state index is 9.80. The Kier molecular flexibility index (Phi) is 2.71. The van der Waals surface area contributed by atoms with E-state index in [-0.39, 0.29) is 18.5 Å². The third-order valence-corrected chi connectivity index (χ3v) is 4.18. The summed E-state index contributed by atoms with van der Waals surface area (Å²) >= 11 is 0. The number of ether oxygens (including phenoxy) is 2. The van der Waals surface area contributed by atoms with Crippen molar-refractivity contribution in [3.05, 3.63) is 0 Å². The monoisotopic (exact) mass is 212 g/mol. The van der Waals surface area contributed by atoms with Crippen LogP contribution >= 0.6 is 0 Å². The van der Waals surface area contributed by atoms with Crippen LogP contribution in [0.1, 0.15) is 38.5 Å². The number of fused-ring (bicyclic) bond motifs is 2. The predicted molar refractivity (Wildman–Crippen MR) is 55.3 cm³/mol. The summed E-state index contributed by atoms with van der Waals surface area (Å²) < 4.78 is 11.6. The topological polar surface area (TPSA) is 38.7 Å². The third kappa shape index (κ3) is 1.93. The van der Waals surface area contributed by atoms with Gasteiger partial charge in [0.1, 0.15) is 0 Å². The molecule has 1 saturated heterocycles. The van der Waals surface area contributed by atoms with Crippen molar-refractivity contribution in [2.75, 3.05) is 6.61 Å². The lowest BCUT2D eigenvalue weighted by Crippen LogP contribution is -2.35. The molecule has 3 aliphatic rings. The average molecular weight is 212 g/mol. The first-order valence-electron chi connectivity index (χ1n) is 6.28. The van der Waals surface area contributed by atoms with Gasteiger partial charge >= 0.3 is 0 Å². The second-order valence-corrected chi connectivity index (χ2v) is 5.28. The lowest BCUT2D eigenvalue weighted by atomic mass is 9.95. The van der Waals surface area contributed by atoms with E-state index in [0.717, 1.165) is 25.9 Å². The minimum Gasteiger partial charge on any atom is -0.393 e.